The number of hydrogen-bond acceptors (Lipinski definition) is 4. The molecular formula is C18H27BrN2O4. The molecule has 1 aromatic rings. The van der Waals surface area contributed by atoms with Gasteiger partial charge in [0.25, 0.3) is 0 Å². The van der Waals surface area contributed by atoms with Gasteiger partial charge in [0.15, 0.2) is 0 Å². The van der Waals surface area contributed by atoms with Crippen LogP contribution in [0.15, 0.2) is 28.7 Å². The molecule has 0 aliphatic carbocycles. The molecule has 0 heterocycles. The molecule has 2 atom stereocenters. The SMILES string of the molecule is CC(OCc1cccc(Br)c1)C(CCC(N)=O)NC(=O)OC(C)(C)C. The maximum absolute atomic E-state index is 12.0. The lowest BCUT2D eigenvalue weighted by Crippen LogP contribution is -2.45. The number of primary amides is 1. The van der Waals surface area contributed by atoms with E-state index in [0.29, 0.717) is 13.0 Å². The van der Waals surface area contributed by atoms with Crippen LogP contribution in [0.4, 0.5) is 4.79 Å². The average molecular weight is 415 g/mol. The number of hydrogen-bond donors (Lipinski definition) is 2. The molecule has 0 aliphatic rings. The minimum absolute atomic E-state index is 0.158. The predicted molar refractivity (Wildman–Crippen MR) is 100.0 cm³/mol. The summed E-state index contributed by atoms with van der Waals surface area (Å²) >= 11 is 3.42. The third-order valence-electron chi connectivity index (χ3n) is 3.37. The van der Waals surface area contributed by atoms with E-state index in [2.05, 4.69) is 21.2 Å². The van der Waals surface area contributed by atoms with E-state index >= 15 is 0 Å². The van der Waals surface area contributed by atoms with Crippen molar-refractivity contribution >= 4 is 27.9 Å². The summed E-state index contributed by atoms with van der Waals surface area (Å²) in [5, 5.41) is 2.77. The minimum Gasteiger partial charge on any atom is -0.444 e. The maximum atomic E-state index is 12.0. The van der Waals surface area contributed by atoms with Crippen molar-refractivity contribution < 1.29 is 19.1 Å². The molecule has 0 spiro atoms. The van der Waals surface area contributed by atoms with Gasteiger partial charge in [0.1, 0.15) is 5.60 Å². The van der Waals surface area contributed by atoms with Crippen molar-refractivity contribution in [2.75, 3.05) is 0 Å². The molecule has 25 heavy (non-hydrogen) atoms. The van der Waals surface area contributed by atoms with Crippen LogP contribution >= 0.6 is 15.9 Å². The number of alkyl carbamates (subject to hydrolysis) is 1. The van der Waals surface area contributed by atoms with Gasteiger partial charge in [-0.1, -0.05) is 28.1 Å². The number of carbonyl (C=O) groups excluding carboxylic acids is 2. The van der Waals surface area contributed by atoms with Crippen LogP contribution in [0.3, 0.4) is 0 Å². The lowest BCUT2D eigenvalue weighted by Gasteiger charge is -2.27. The monoisotopic (exact) mass is 414 g/mol. The van der Waals surface area contributed by atoms with Crippen molar-refractivity contribution in [3.63, 3.8) is 0 Å². The molecule has 0 saturated heterocycles. The molecule has 0 bridgehead atoms. The summed E-state index contributed by atoms with van der Waals surface area (Å²) in [5.74, 6) is -0.421. The first-order valence-electron chi connectivity index (χ1n) is 8.20. The Bertz CT molecular complexity index is 587. The zero-order chi connectivity index (χ0) is 19.0. The van der Waals surface area contributed by atoms with Gasteiger partial charge >= 0.3 is 6.09 Å². The Hall–Kier alpha value is -1.60. The Kier molecular flexibility index (Phi) is 8.38. The highest BCUT2D eigenvalue weighted by Crippen LogP contribution is 2.15. The van der Waals surface area contributed by atoms with Crippen LogP contribution < -0.4 is 11.1 Å². The third-order valence-corrected chi connectivity index (χ3v) is 3.87. The Labute approximate surface area is 157 Å². The van der Waals surface area contributed by atoms with Gasteiger partial charge < -0.3 is 20.5 Å². The van der Waals surface area contributed by atoms with E-state index in [0.717, 1.165) is 10.0 Å². The van der Waals surface area contributed by atoms with Gasteiger partial charge in [0, 0.05) is 10.9 Å². The number of halogens is 1. The van der Waals surface area contributed by atoms with Crippen LogP contribution in [-0.2, 0) is 20.9 Å². The molecule has 2 amide bonds. The summed E-state index contributed by atoms with van der Waals surface area (Å²) < 4.78 is 12.1. The van der Waals surface area contributed by atoms with E-state index in [4.69, 9.17) is 15.2 Å². The van der Waals surface area contributed by atoms with Crippen molar-refractivity contribution in [2.45, 2.75) is 64.9 Å². The average Bonchev–Trinajstić information content (AvgIpc) is 2.47. The van der Waals surface area contributed by atoms with Crippen LogP contribution in [0.1, 0.15) is 46.1 Å². The van der Waals surface area contributed by atoms with E-state index in [-0.39, 0.29) is 18.6 Å². The fourth-order valence-corrected chi connectivity index (χ4v) is 2.60. The first kappa shape index (κ1) is 21.4. The van der Waals surface area contributed by atoms with Crippen molar-refractivity contribution in [3.8, 4) is 0 Å². The van der Waals surface area contributed by atoms with E-state index in [9.17, 15) is 9.59 Å². The lowest BCUT2D eigenvalue weighted by molar-refractivity contribution is -0.118. The standard InChI is InChI=1S/C18H27BrN2O4/c1-12(24-11-13-6-5-7-14(19)10-13)15(8-9-16(20)22)21-17(23)25-18(2,3)4/h5-7,10,12,15H,8-9,11H2,1-4H3,(H2,20,22)(H,21,23). The van der Waals surface area contributed by atoms with E-state index < -0.39 is 17.6 Å². The molecule has 140 valence electrons. The summed E-state index contributed by atoms with van der Waals surface area (Å²) in [4.78, 5) is 23.1. The topological polar surface area (TPSA) is 90.6 Å². The molecule has 2 unspecified atom stereocenters. The molecule has 3 N–H and O–H groups in total. The number of rotatable bonds is 8. The largest absolute Gasteiger partial charge is 0.444 e. The van der Waals surface area contributed by atoms with Crippen molar-refractivity contribution in [2.24, 2.45) is 5.73 Å². The summed E-state index contributed by atoms with van der Waals surface area (Å²) in [6, 6.07) is 7.40. The quantitative estimate of drug-likeness (QED) is 0.680. The fraction of sp³-hybridized carbons (Fsp3) is 0.556. The van der Waals surface area contributed by atoms with Crippen molar-refractivity contribution in [1.29, 1.82) is 0 Å². The van der Waals surface area contributed by atoms with E-state index in [1.807, 2.05) is 31.2 Å². The molecular weight excluding hydrogens is 388 g/mol. The van der Waals surface area contributed by atoms with Crippen LogP contribution in [0.2, 0.25) is 0 Å². The van der Waals surface area contributed by atoms with Gasteiger partial charge in [-0.15, -0.1) is 0 Å². The number of amides is 2. The van der Waals surface area contributed by atoms with Gasteiger partial charge in [-0.05, 0) is 51.8 Å². The van der Waals surface area contributed by atoms with Gasteiger partial charge in [-0.3, -0.25) is 4.79 Å². The predicted octanol–water partition coefficient (Wildman–Crippen LogP) is 3.51. The highest BCUT2D eigenvalue weighted by atomic mass is 79.9. The summed E-state index contributed by atoms with van der Waals surface area (Å²) in [6.45, 7) is 7.61. The van der Waals surface area contributed by atoms with Gasteiger partial charge in [0.2, 0.25) is 5.91 Å². The Balaban J connectivity index is 2.66. The Morgan fingerprint density at radius 3 is 2.56 bits per heavy atom. The highest BCUT2D eigenvalue weighted by Gasteiger charge is 2.24. The number of nitrogens with one attached hydrogen (secondary N) is 1. The van der Waals surface area contributed by atoms with Gasteiger partial charge in [-0.2, -0.15) is 0 Å². The zero-order valence-corrected chi connectivity index (χ0v) is 16.8. The highest BCUT2D eigenvalue weighted by molar-refractivity contribution is 9.10. The summed E-state index contributed by atoms with van der Waals surface area (Å²) in [5.41, 5.74) is 5.63. The minimum atomic E-state index is -0.598. The Morgan fingerprint density at radius 2 is 2.00 bits per heavy atom. The van der Waals surface area contributed by atoms with Crippen molar-refractivity contribution in [3.05, 3.63) is 34.3 Å². The van der Waals surface area contributed by atoms with Crippen LogP contribution in [0.5, 0.6) is 0 Å². The first-order chi connectivity index (χ1) is 11.6. The summed E-state index contributed by atoms with van der Waals surface area (Å²) in [7, 11) is 0. The molecule has 0 saturated carbocycles. The lowest BCUT2D eigenvalue weighted by atomic mass is 10.1. The zero-order valence-electron chi connectivity index (χ0n) is 15.2. The van der Waals surface area contributed by atoms with E-state index in [1.165, 1.54) is 0 Å². The normalized spacial score (nSPS) is 13.8. The molecule has 0 aromatic heterocycles. The van der Waals surface area contributed by atoms with Crippen LogP contribution in [0, 0.1) is 0 Å². The maximum Gasteiger partial charge on any atom is 0.407 e. The van der Waals surface area contributed by atoms with Crippen LogP contribution in [-0.4, -0.2) is 29.7 Å². The number of ether oxygens (including phenoxy) is 2. The Morgan fingerprint density at radius 1 is 1.32 bits per heavy atom. The number of nitrogens with two attached hydrogens (primary N) is 1. The summed E-state index contributed by atoms with van der Waals surface area (Å²) in [6.07, 6.45) is -0.315. The first-order valence-corrected chi connectivity index (χ1v) is 9.00. The van der Waals surface area contributed by atoms with Crippen molar-refractivity contribution in [1.82, 2.24) is 5.32 Å². The second-order valence-electron chi connectivity index (χ2n) is 6.90. The molecule has 0 aliphatic heterocycles. The molecule has 1 rings (SSSR count). The fourth-order valence-electron chi connectivity index (χ4n) is 2.15. The number of benzene rings is 1. The molecule has 6 nitrogen and oxygen atoms in total. The van der Waals surface area contributed by atoms with Gasteiger partial charge in [-0.25, -0.2) is 4.79 Å². The van der Waals surface area contributed by atoms with Crippen LogP contribution in [0.25, 0.3) is 0 Å². The third kappa shape index (κ3) is 9.45. The van der Waals surface area contributed by atoms with Gasteiger partial charge in [0.05, 0.1) is 18.8 Å². The second-order valence-corrected chi connectivity index (χ2v) is 7.82. The molecule has 0 radical (unpaired) electrons. The van der Waals surface area contributed by atoms with E-state index in [1.54, 1.807) is 20.8 Å². The smallest absolute Gasteiger partial charge is 0.407 e. The molecule has 0 fully saturated rings. The molecule has 1 aromatic carbocycles. The molecule has 7 heteroatoms. The second kappa shape index (κ2) is 9.77. The number of carbonyl (C=O) groups is 2.